The third kappa shape index (κ3) is 4.56. The zero-order valence-corrected chi connectivity index (χ0v) is 16.7. The number of rotatable bonds is 5. The summed E-state index contributed by atoms with van der Waals surface area (Å²) in [7, 11) is 1.60. The van der Waals surface area contributed by atoms with Crippen molar-refractivity contribution in [3.63, 3.8) is 0 Å². The lowest BCUT2D eigenvalue weighted by atomic mass is 9.95. The number of amides is 1. The van der Waals surface area contributed by atoms with E-state index in [4.69, 9.17) is 4.74 Å². The summed E-state index contributed by atoms with van der Waals surface area (Å²) in [5.74, 6) is 1.15. The Kier molecular flexibility index (Phi) is 5.88. The van der Waals surface area contributed by atoms with E-state index in [0.717, 1.165) is 37.4 Å². The lowest BCUT2D eigenvalue weighted by Crippen LogP contribution is -2.38. The van der Waals surface area contributed by atoms with Crippen LogP contribution in [0.1, 0.15) is 12.8 Å². The second-order valence-electron chi connectivity index (χ2n) is 7.27. The molecular formula is C23H23FN4O2. The minimum atomic E-state index is -0.298. The standard InChI is InChI=1S/C23H23FN4O2/c1-30-20-7-3-6-19(15-20)25-23(29)16-10-12-28(13-11-16)22-9-8-21(26-27-22)17-4-2-5-18(24)14-17/h2-9,14-16H,10-13H2,1H3,(H,25,29). The SMILES string of the molecule is COc1cccc(NC(=O)C2CCN(c3ccc(-c4cccc(F)c4)nn3)CC2)c1. The topological polar surface area (TPSA) is 67.3 Å². The third-order valence-electron chi connectivity index (χ3n) is 5.30. The van der Waals surface area contributed by atoms with E-state index in [2.05, 4.69) is 20.4 Å². The predicted molar refractivity (Wildman–Crippen MR) is 114 cm³/mol. The Hall–Kier alpha value is -3.48. The van der Waals surface area contributed by atoms with Gasteiger partial charge in [0, 0.05) is 36.3 Å². The lowest BCUT2D eigenvalue weighted by Gasteiger charge is -2.31. The van der Waals surface area contributed by atoms with Crippen LogP contribution in [-0.2, 0) is 4.79 Å². The molecule has 1 saturated heterocycles. The van der Waals surface area contributed by atoms with Gasteiger partial charge in [-0.2, -0.15) is 0 Å². The first-order valence-electron chi connectivity index (χ1n) is 9.92. The quantitative estimate of drug-likeness (QED) is 0.690. The number of methoxy groups -OCH3 is 1. The highest BCUT2D eigenvalue weighted by Gasteiger charge is 2.26. The molecular weight excluding hydrogens is 383 g/mol. The van der Waals surface area contributed by atoms with E-state index in [1.165, 1.54) is 12.1 Å². The summed E-state index contributed by atoms with van der Waals surface area (Å²) in [6, 6.07) is 17.4. The molecule has 1 aliphatic rings. The summed E-state index contributed by atoms with van der Waals surface area (Å²) in [6.07, 6.45) is 1.48. The van der Waals surface area contributed by atoms with Gasteiger partial charge in [-0.3, -0.25) is 4.79 Å². The maximum Gasteiger partial charge on any atom is 0.227 e. The molecule has 0 bridgehead atoms. The largest absolute Gasteiger partial charge is 0.497 e. The number of carbonyl (C=O) groups excluding carboxylic acids is 1. The van der Waals surface area contributed by atoms with E-state index >= 15 is 0 Å². The monoisotopic (exact) mass is 406 g/mol. The number of nitrogens with zero attached hydrogens (tertiary/aromatic N) is 3. The smallest absolute Gasteiger partial charge is 0.227 e. The molecule has 1 fully saturated rings. The van der Waals surface area contributed by atoms with Crippen molar-refractivity contribution in [2.75, 3.05) is 30.4 Å². The minimum Gasteiger partial charge on any atom is -0.497 e. The Morgan fingerprint density at radius 1 is 1.07 bits per heavy atom. The van der Waals surface area contributed by atoms with Crippen LogP contribution in [-0.4, -0.2) is 36.3 Å². The summed E-state index contributed by atoms with van der Waals surface area (Å²) in [4.78, 5) is 14.7. The van der Waals surface area contributed by atoms with Gasteiger partial charge in [0.15, 0.2) is 5.82 Å². The van der Waals surface area contributed by atoms with E-state index in [0.29, 0.717) is 17.0 Å². The highest BCUT2D eigenvalue weighted by molar-refractivity contribution is 5.92. The van der Waals surface area contributed by atoms with Crippen LogP contribution in [0, 0.1) is 11.7 Å². The molecule has 2 aromatic carbocycles. The molecule has 1 aliphatic heterocycles. The molecule has 0 saturated carbocycles. The van der Waals surface area contributed by atoms with Gasteiger partial charge in [0.2, 0.25) is 5.91 Å². The lowest BCUT2D eigenvalue weighted by molar-refractivity contribution is -0.120. The van der Waals surface area contributed by atoms with E-state index in [1.54, 1.807) is 19.2 Å². The minimum absolute atomic E-state index is 0.0236. The normalized spacial score (nSPS) is 14.4. The van der Waals surface area contributed by atoms with E-state index in [1.807, 2.05) is 36.4 Å². The van der Waals surface area contributed by atoms with Gasteiger partial charge in [0.25, 0.3) is 0 Å². The van der Waals surface area contributed by atoms with Crippen molar-refractivity contribution in [2.24, 2.45) is 5.92 Å². The Morgan fingerprint density at radius 2 is 1.87 bits per heavy atom. The molecule has 6 nitrogen and oxygen atoms in total. The Labute approximate surface area is 174 Å². The number of hydrogen-bond donors (Lipinski definition) is 1. The van der Waals surface area contributed by atoms with Gasteiger partial charge in [-0.05, 0) is 49.2 Å². The van der Waals surface area contributed by atoms with Gasteiger partial charge >= 0.3 is 0 Å². The summed E-state index contributed by atoms with van der Waals surface area (Å²) < 4.78 is 18.6. The van der Waals surface area contributed by atoms with Gasteiger partial charge in [-0.25, -0.2) is 4.39 Å². The molecule has 0 radical (unpaired) electrons. The van der Waals surface area contributed by atoms with Crippen LogP contribution in [0.3, 0.4) is 0 Å². The highest BCUT2D eigenvalue weighted by Crippen LogP contribution is 2.25. The Bertz CT molecular complexity index is 1020. The van der Waals surface area contributed by atoms with Crippen LogP contribution in [0.5, 0.6) is 5.75 Å². The molecule has 7 heteroatoms. The first kappa shape index (κ1) is 19.8. The average Bonchev–Trinajstić information content (AvgIpc) is 2.79. The molecule has 1 N–H and O–H groups in total. The van der Waals surface area contributed by atoms with Gasteiger partial charge in [-0.15, -0.1) is 10.2 Å². The van der Waals surface area contributed by atoms with Crippen LogP contribution < -0.4 is 15.0 Å². The van der Waals surface area contributed by atoms with E-state index in [-0.39, 0.29) is 17.6 Å². The molecule has 0 aliphatic carbocycles. The maximum absolute atomic E-state index is 13.4. The van der Waals surface area contributed by atoms with Crippen LogP contribution in [0.4, 0.5) is 15.9 Å². The first-order valence-corrected chi connectivity index (χ1v) is 9.92. The molecule has 2 heterocycles. The highest BCUT2D eigenvalue weighted by atomic mass is 19.1. The third-order valence-corrected chi connectivity index (χ3v) is 5.30. The number of ether oxygens (including phenoxy) is 1. The summed E-state index contributed by atoms with van der Waals surface area (Å²) in [5, 5.41) is 11.5. The van der Waals surface area contributed by atoms with Crippen molar-refractivity contribution in [1.29, 1.82) is 0 Å². The number of anilines is 2. The summed E-state index contributed by atoms with van der Waals surface area (Å²) in [5.41, 5.74) is 2.06. The Morgan fingerprint density at radius 3 is 2.57 bits per heavy atom. The number of benzene rings is 2. The van der Waals surface area contributed by atoms with E-state index < -0.39 is 0 Å². The molecule has 4 rings (SSSR count). The van der Waals surface area contributed by atoms with Gasteiger partial charge in [0.1, 0.15) is 11.6 Å². The maximum atomic E-state index is 13.4. The first-order chi connectivity index (χ1) is 14.6. The Balaban J connectivity index is 1.34. The van der Waals surface area contributed by atoms with Crippen molar-refractivity contribution < 1.29 is 13.9 Å². The molecule has 30 heavy (non-hydrogen) atoms. The van der Waals surface area contributed by atoms with Crippen molar-refractivity contribution in [3.8, 4) is 17.0 Å². The fourth-order valence-corrected chi connectivity index (χ4v) is 3.61. The molecule has 1 amide bonds. The molecule has 154 valence electrons. The van der Waals surface area contributed by atoms with Crippen molar-refractivity contribution in [3.05, 3.63) is 66.5 Å². The molecule has 0 atom stereocenters. The van der Waals surface area contributed by atoms with E-state index in [9.17, 15) is 9.18 Å². The number of nitrogens with one attached hydrogen (secondary N) is 1. The number of piperidine rings is 1. The molecule has 1 aromatic heterocycles. The molecule has 0 spiro atoms. The summed E-state index contributed by atoms with van der Waals surface area (Å²) >= 11 is 0. The van der Waals surface area contributed by atoms with Crippen LogP contribution in [0.25, 0.3) is 11.3 Å². The summed E-state index contributed by atoms with van der Waals surface area (Å²) in [6.45, 7) is 1.45. The zero-order chi connectivity index (χ0) is 20.9. The fraction of sp³-hybridized carbons (Fsp3) is 0.261. The van der Waals surface area contributed by atoms with Crippen LogP contribution in [0.2, 0.25) is 0 Å². The number of aromatic nitrogens is 2. The van der Waals surface area contributed by atoms with Gasteiger partial charge < -0.3 is 15.0 Å². The van der Waals surface area contributed by atoms with Crippen LogP contribution >= 0.6 is 0 Å². The number of hydrogen-bond acceptors (Lipinski definition) is 5. The average molecular weight is 406 g/mol. The molecule has 3 aromatic rings. The van der Waals surface area contributed by atoms with Gasteiger partial charge in [-0.1, -0.05) is 18.2 Å². The number of carbonyl (C=O) groups is 1. The number of halogens is 1. The van der Waals surface area contributed by atoms with Crippen molar-refractivity contribution >= 4 is 17.4 Å². The fourth-order valence-electron chi connectivity index (χ4n) is 3.61. The van der Waals surface area contributed by atoms with Gasteiger partial charge in [0.05, 0.1) is 12.8 Å². The second-order valence-corrected chi connectivity index (χ2v) is 7.27. The van der Waals surface area contributed by atoms with Crippen molar-refractivity contribution in [1.82, 2.24) is 10.2 Å². The zero-order valence-electron chi connectivity index (χ0n) is 16.7. The molecule has 0 unspecified atom stereocenters. The van der Waals surface area contributed by atoms with Crippen molar-refractivity contribution in [2.45, 2.75) is 12.8 Å². The predicted octanol–water partition coefficient (Wildman–Crippen LogP) is 4.15. The van der Waals surface area contributed by atoms with Crippen LogP contribution in [0.15, 0.2) is 60.7 Å². The second kappa shape index (κ2) is 8.90.